The predicted octanol–water partition coefficient (Wildman–Crippen LogP) is 7.89. The van der Waals surface area contributed by atoms with E-state index in [9.17, 15) is 15.0 Å². The number of nitrogens with zero attached hydrogens (tertiary/aromatic N) is 1. The number of rotatable bonds is 13. The molecule has 5 atom stereocenters. The smallest absolute Gasteiger partial charge is 0.319 e. The first-order chi connectivity index (χ1) is 24.8. The van der Waals surface area contributed by atoms with Crippen LogP contribution in [0.4, 0.5) is 10.5 Å². The SMILES string of the molecule is C[C@H]([C@@H](O)c1ccccc1)N(C)C[C@H]1C[C@@H](c2ccc(CO)cc2)O[C@@H](c2ccc(CNC(=O)Nc3ccc(Oc4ccccc4)cc3)cc2)O1. The average molecular weight is 688 g/mol. The van der Waals surface area contributed by atoms with Gasteiger partial charge in [-0.15, -0.1) is 0 Å². The number of hydrogen-bond acceptors (Lipinski definition) is 7. The molecule has 1 aliphatic heterocycles. The van der Waals surface area contributed by atoms with E-state index in [1.807, 2.05) is 135 Å². The molecule has 0 radical (unpaired) electrons. The quantitative estimate of drug-likeness (QED) is 0.0996. The predicted molar refractivity (Wildman–Crippen MR) is 197 cm³/mol. The summed E-state index contributed by atoms with van der Waals surface area (Å²) in [5, 5.41) is 26.4. The molecule has 9 heteroatoms. The lowest BCUT2D eigenvalue weighted by atomic mass is 9.98. The number of ether oxygens (including phenoxy) is 3. The molecule has 51 heavy (non-hydrogen) atoms. The second-order valence-corrected chi connectivity index (χ2v) is 12.9. The third kappa shape index (κ3) is 9.82. The Morgan fingerprint density at radius 2 is 1.41 bits per heavy atom. The molecular weight excluding hydrogens is 642 g/mol. The zero-order valence-electron chi connectivity index (χ0n) is 28.9. The molecule has 1 heterocycles. The van der Waals surface area contributed by atoms with Gasteiger partial charge < -0.3 is 35.1 Å². The van der Waals surface area contributed by atoms with Gasteiger partial charge in [-0.25, -0.2) is 4.79 Å². The number of anilines is 1. The monoisotopic (exact) mass is 687 g/mol. The van der Waals surface area contributed by atoms with Crippen LogP contribution in [0.2, 0.25) is 0 Å². The first-order valence-corrected chi connectivity index (χ1v) is 17.2. The molecule has 6 rings (SSSR count). The van der Waals surface area contributed by atoms with Crippen LogP contribution in [0.25, 0.3) is 0 Å². The van der Waals surface area contributed by atoms with Crippen molar-refractivity contribution in [3.8, 4) is 11.5 Å². The van der Waals surface area contributed by atoms with Crippen LogP contribution in [0.1, 0.15) is 59.7 Å². The van der Waals surface area contributed by atoms with Crippen molar-refractivity contribution in [3.63, 3.8) is 0 Å². The lowest BCUT2D eigenvalue weighted by molar-refractivity contribution is -0.253. The number of para-hydroxylation sites is 1. The van der Waals surface area contributed by atoms with Crippen molar-refractivity contribution in [3.05, 3.63) is 161 Å². The Morgan fingerprint density at radius 3 is 2.08 bits per heavy atom. The first kappa shape index (κ1) is 35.8. The number of likely N-dealkylation sites (N-methyl/N-ethyl adjacent to an activating group) is 1. The van der Waals surface area contributed by atoms with Gasteiger partial charge in [0.25, 0.3) is 0 Å². The molecule has 264 valence electrons. The van der Waals surface area contributed by atoms with E-state index in [2.05, 4.69) is 15.5 Å². The van der Waals surface area contributed by atoms with Crippen molar-refractivity contribution in [2.24, 2.45) is 0 Å². The number of carbonyl (C=O) groups excluding carboxylic acids is 1. The average Bonchev–Trinajstić information content (AvgIpc) is 3.18. The van der Waals surface area contributed by atoms with E-state index in [1.165, 1.54) is 0 Å². The van der Waals surface area contributed by atoms with Crippen LogP contribution >= 0.6 is 0 Å². The molecule has 0 aliphatic carbocycles. The highest BCUT2D eigenvalue weighted by molar-refractivity contribution is 5.89. The van der Waals surface area contributed by atoms with Gasteiger partial charge in [0.1, 0.15) is 11.5 Å². The Kier molecular flexibility index (Phi) is 12.1. The fourth-order valence-corrected chi connectivity index (χ4v) is 6.07. The van der Waals surface area contributed by atoms with Crippen LogP contribution in [0.5, 0.6) is 11.5 Å². The van der Waals surface area contributed by atoms with E-state index in [-0.39, 0.29) is 30.9 Å². The van der Waals surface area contributed by atoms with Gasteiger partial charge in [0, 0.05) is 36.8 Å². The standard InChI is InChI=1S/C42H45N3O6/c1-29(40(47)33-9-5-3-6-10-33)45(2)27-38-25-39(32-17-15-31(28-46)16-18-32)51-41(50-38)34-19-13-30(14-20-34)26-43-42(48)44-35-21-23-37(24-22-35)49-36-11-7-4-8-12-36/h3-24,29,38-41,46-47H,25-28H2,1-2H3,(H2,43,44,48)/t29-,38-,39+,40-,41+/m1/s1. The van der Waals surface area contributed by atoms with Crippen LogP contribution in [-0.4, -0.2) is 46.9 Å². The summed E-state index contributed by atoms with van der Waals surface area (Å²) in [5.41, 5.74) is 5.16. The summed E-state index contributed by atoms with van der Waals surface area (Å²) < 4.78 is 18.9. The lowest BCUT2D eigenvalue weighted by Gasteiger charge is -2.39. The maximum Gasteiger partial charge on any atom is 0.319 e. The second kappa shape index (κ2) is 17.3. The van der Waals surface area contributed by atoms with Gasteiger partial charge in [-0.3, -0.25) is 4.90 Å². The van der Waals surface area contributed by atoms with Gasteiger partial charge >= 0.3 is 6.03 Å². The number of urea groups is 1. The Balaban J connectivity index is 1.06. The summed E-state index contributed by atoms with van der Waals surface area (Å²) >= 11 is 0. The van der Waals surface area contributed by atoms with E-state index in [0.29, 0.717) is 30.9 Å². The van der Waals surface area contributed by atoms with Gasteiger partial charge in [0.15, 0.2) is 6.29 Å². The van der Waals surface area contributed by atoms with Crippen LogP contribution in [0.3, 0.4) is 0 Å². The number of amides is 2. The van der Waals surface area contributed by atoms with Gasteiger partial charge in [-0.2, -0.15) is 0 Å². The highest BCUT2D eigenvalue weighted by Gasteiger charge is 2.34. The normalized spacial score (nSPS) is 18.5. The summed E-state index contributed by atoms with van der Waals surface area (Å²) in [6.07, 6.45) is -1.03. The first-order valence-electron chi connectivity index (χ1n) is 17.2. The minimum absolute atomic E-state index is 0.0207. The molecule has 4 N–H and O–H groups in total. The van der Waals surface area contributed by atoms with Crippen LogP contribution < -0.4 is 15.4 Å². The van der Waals surface area contributed by atoms with Crippen molar-refractivity contribution in [2.45, 2.75) is 57.1 Å². The molecule has 1 saturated heterocycles. The van der Waals surface area contributed by atoms with Crippen LogP contribution in [-0.2, 0) is 22.6 Å². The molecule has 0 saturated carbocycles. The molecule has 0 bridgehead atoms. The maximum absolute atomic E-state index is 12.7. The molecule has 1 fully saturated rings. The lowest BCUT2D eigenvalue weighted by Crippen LogP contribution is -2.43. The summed E-state index contributed by atoms with van der Waals surface area (Å²) in [5.74, 6) is 1.42. The fraction of sp³-hybridized carbons (Fsp3) is 0.262. The number of aliphatic hydroxyl groups is 2. The third-order valence-electron chi connectivity index (χ3n) is 9.20. The zero-order valence-corrected chi connectivity index (χ0v) is 28.9. The van der Waals surface area contributed by atoms with Crippen LogP contribution in [0, 0.1) is 0 Å². The second-order valence-electron chi connectivity index (χ2n) is 12.9. The van der Waals surface area contributed by atoms with Crippen molar-refractivity contribution in [1.29, 1.82) is 0 Å². The molecule has 9 nitrogen and oxygen atoms in total. The molecule has 5 aromatic rings. The number of carbonyl (C=O) groups is 1. The van der Waals surface area contributed by atoms with E-state index >= 15 is 0 Å². The minimum Gasteiger partial charge on any atom is -0.457 e. The Morgan fingerprint density at radius 1 is 0.804 bits per heavy atom. The minimum atomic E-state index is -0.642. The molecule has 0 spiro atoms. The van der Waals surface area contributed by atoms with Gasteiger partial charge in [-0.1, -0.05) is 97.1 Å². The zero-order chi connectivity index (χ0) is 35.6. The molecular formula is C42H45N3O6. The summed E-state index contributed by atoms with van der Waals surface area (Å²) in [6.45, 7) is 2.93. The van der Waals surface area contributed by atoms with Crippen molar-refractivity contribution < 1.29 is 29.2 Å². The van der Waals surface area contributed by atoms with Gasteiger partial charge in [0.05, 0.1) is 24.9 Å². The molecule has 5 aromatic carbocycles. The molecule has 0 aromatic heterocycles. The van der Waals surface area contributed by atoms with Crippen LogP contribution in [0.15, 0.2) is 133 Å². The largest absolute Gasteiger partial charge is 0.457 e. The van der Waals surface area contributed by atoms with E-state index in [1.54, 1.807) is 12.1 Å². The fourth-order valence-electron chi connectivity index (χ4n) is 6.07. The molecule has 1 aliphatic rings. The maximum atomic E-state index is 12.7. The summed E-state index contributed by atoms with van der Waals surface area (Å²) in [6, 6.07) is 41.6. The molecule has 0 unspecified atom stereocenters. The van der Waals surface area contributed by atoms with E-state index < -0.39 is 12.4 Å². The number of hydrogen-bond donors (Lipinski definition) is 4. The highest BCUT2D eigenvalue weighted by atomic mass is 16.7. The Labute approximate surface area is 299 Å². The van der Waals surface area contributed by atoms with Gasteiger partial charge in [-0.05, 0) is 72.6 Å². The van der Waals surface area contributed by atoms with Gasteiger partial charge in [0.2, 0.25) is 0 Å². The highest BCUT2D eigenvalue weighted by Crippen LogP contribution is 2.38. The summed E-state index contributed by atoms with van der Waals surface area (Å²) in [4.78, 5) is 14.8. The van der Waals surface area contributed by atoms with E-state index in [0.717, 1.165) is 33.6 Å². The van der Waals surface area contributed by atoms with E-state index in [4.69, 9.17) is 14.2 Å². The Hall–Kier alpha value is -5.03. The number of aliphatic hydroxyl groups excluding tert-OH is 2. The van der Waals surface area contributed by atoms with Crippen molar-refractivity contribution in [2.75, 3.05) is 18.9 Å². The van der Waals surface area contributed by atoms with Crippen molar-refractivity contribution >= 4 is 11.7 Å². The summed E-state index contributed by atoms with van der Waals surface area (Å²) in [7, 11) is 2.00. The number of benzene rings is 5. The number of nitrogens with one attached hydrogen (secondary N) is 2. The third-order valence-corrected chi connectivity index (χ3v) is 9.20. The topological polar surface area (TPSA) is 113 Å². The molecule has 2 amide bonds. The Bertz CT molecular complexity index is 1800. The van der Waals surface area contributed by atoms with Crippen molar-refractivity contribution in [1.82, 2.24) is 10.2 Å².